The molecule has 0 spiro atoms. The van der Waals surface area contributed by atoms with Gasteiger partial charge in [0, 0.05) is 18.7 Å². The SMILES string of the molecule is C=C(C)C(=O)CCCCOC(=O)N(CC)C(=O)NC1=C2CC(C1)C1CCCC21. The molecule has 6 nitrogen and oxygen atoms in total. The number of carbonyl (C=O) groups is 3. The van der Waals surface area contributed by atoms with Crippen LogP contribution in [-0.2, 0) is 9.53 Å². The van der Waals surface area contributed by atoms with Gasteiger partial charge in [0.2, 0.25) is 0 Å². The first-order valence-corrected chi connectivity index (χ1v) is 10.6. The summed E-state index contributed by atoms with van der Waals surface area (Å²) in [5.41, 5.74) is 3.01. The van der Waals surface area contributed by atoms with Crippen LogP contribution in [0.5, 0.6) is 0 Å². The summed E-state index contributed by atoms with van der Waals surface area (Å²) in [5.74, 6) is 2.19. The van der Waals surface area contributed by atoms with E-state index in [4.69, 9.17) is 4.74 Å². The normalized spacial score (nSPS) is 24.9. The fraction of sp³-hybridized carbons (Fsp3) is 0.682. The molecule has 28 heavy (non-hydrogen) atoms. The van der Waals surface area contributed by atoms with Gasteiger partial charge in [-0.1, -0.05) is 13.0 Å². The third-order valence-corrected chi connectivity index (χ3v) is 6.50. The predicted octanol–water partition coefficient (Wildman–Crippen LogP) is 4.56. The third-order valence-electron chi connectivity index (χ3n) is 6.50. The fourth-order valence-electron chi connectivity index (χ4n) is 5.06. The molecule has 3 aliphatic rings. The number of rotatable bonds is 8. The van der Waals surface area contributed by atoms with Crippen LogP contribution in [0.3, 0.4) is 0 Å². The van der Waals surface area contributed by atoms with Crippen LogP contribution in [0.15, 0.2) is 23.4 Å². The van der Waals surface area contributed by atoms with E-state index in [9.17, 15) is 14.4 Å². The fourth-order valence-corrected chi connectivity index (χ4v) is 5.06. The van der Waals surface area contributed by atoms with Gasteiger partial charge in [0.05, 0.1) is 6.61 Å². The van der Waals surface area contributed by atoms with Crippen LogP contribution in [0, 0.1) is 17.8 Å². The molecule has 2 fully saturated rings. The quantitative estimate of drug-likeness (QED) is 0.488. The van der Waals surface area contributed by atoms with Crippen LogP contribution in [0.1, 0.15) is 65.2 Å². The number of ketones is 1. The molecule has 3 aliphatic carbocycles. The van der Waals surface area contributed by atoms with Crippen molar-refractivity contribution in [3.8, 4) is 0 Å². The number of urea groups is 1. The van der Waals surface area contributed by atoms with Crippen molar-refractivity contribution in [2.75, 3.05) is 13.2 Å². The zero-order valence-corrected chi connectivity index (χ0v) is 17.1. The lowest BCUT2D eigenvalue weighted by atomic mass is 9.85. The Morgan fingerprint density at radius 3 is 2.71 bits per heavy atom. The molecule has 3 amide bonds. The standard InChI is InChI=1S/C22H32N2O4/c1-4-24(22(27)28-11-6-5-10-20(25)14(2)3)21(26)23-19-13-15-12-18(19)17-9-7-8-16(15)17/h15-17H,2,4-13H2,1,3H3,(H,23,26). The molecule has 0 aromatic rings. The summed E-state index contributed by atoms with van der Waals surface area (Å²) >= 11 is 0. The topological polar surface area (TPSA) is 75.7 Å². The molecule has 0 heterocycles. The number of imide groups is 1. The number of nitrogens with zero attached hydrogens (tertiary/aromatic N) is 1. The Balaban J connectivity index is 1.45. The summed E-state index contributed by atoms with van der Waals surface area (Å²) in [6.07, 6.45) is 6.91. The van der Waals surface area contributed by atoms with E-state index in [1.165, 1.54) is 24.8 Å². The molecule has 3 unspecified atom stereocenters. The van der Waals surface area contributed by atoms with Crippen molar-refractivity contribution in [1.82, 2.24) is 10.2 Å². The van der Waals surface area contributed by atoms with Crippen LogP contribution in [0.25, 0.3) is 0 Å². The molecular weight excluding hydrogens is 356 g/mol. The van der Waals surface area contributed by atoms with Gasteiger partial charge >= 0.3 is 12.1 Å². The number of amides is 3. The maximum Gasteiger partial charge on any atom is 0.417 e. The minimum absolute atomic E-state index is 0.0331. The zero-order chi connectivity index (χ0) is 20.3. The minimum atomic E-state index is -0.626. The van der Waals surface area contributed by atoms with E-state index in [1.807, 2.05) is 0 Å². The molecule has 2 bridgehead atoms. The van der Waals surface area contributed by atoms with Gasteiger partial charge in [0.15, 0.2) is 5.78 Å². The van der Waals surface area contributed by atoms with Crippen molar-refractivity contribution in [2.24, 2.45) is 17.8 Å². The average molecular weight is 389 g/mol. The Bertz CT molecular complexity index is 697. The minimum Gasteiger partial charge on any atom is -0.449 e. The molecule has 3 atom stereocenters. The third kappa shape index (κ3) is 4.31. The second-order valence-electron chi connectivity index (χ2n) is 8.32. The van der Waals surface area contributed by atoms with E-state index in [1.54, 1.807) is 13.8 Å². The maximum absolute atomic E-state index is 12.6. The second-order valence-corrected chi connectivity index (χ2v) is 8.32. The van der Waals surface area contributed by atoms with E-state index in [2.05, 4.69) is 11.9 Å². The van der Waals surface area contributed by atoms with Gasteiger partial charge in [-0.05, 0) is 81.3 Å². The van der Waals surface area contributed by atoms with Crippen molar-refractivity contribution >= 4 is 17.9 Å². The monoisotopic (exact) mass is 388 g/mol. The number of carbonyl (C=O) groups excluding carboxylic acids is 3. The van der Waals surface area contributed by atoms with Gasteiger partial charge in [-0.15, -0.1) is 0 Å². The Kier molecular flexibility index (Phi) is 6.57. The van der Waals surface area contributed by atoms with Crippen LogP contribution in [0.2, 0.25) is 0 Å². The van der Waals surface area contributed by atoms with Gasteiger partial charge in [-0.25, -0.2) is 14.5 Å². The van der Waals surface area contributed by atoms with Crippen molar-refractivity contribution in [3.05, 3.63) is 23.4 Å². The first-order chi connectivity index (χ1) is 13.4. The van der Waals surface area contributed by atoms with Gasteiger partial charge in [0.25, 0.3) is 0 Å². The Morgan fingerprint density at radius 1 is 1.21 bits per heavy atom. The molecule has 1 N–H and O–H groups in total. The summed E-state index contributed by atoms with van der Waals surface area (Å²) in [5, 5.41) is 3.00. The lowest BCUT2D eigenvalue weighted by molar-refractivity contribution is -0.115. The zero-order valence-electron chi connectivity index (χ0n) is 17.1. The number of unbranched alkanes of at least 4 members (excludes halogenated alkanes) is 1. The Hall–Kier alpha value is -2.11. The number of nitrogens with one attached hydrogen (secondary N) is 1. The highest BCUT2D eigenvalue weighted by Gasteiger charge is 2.48. The first kappa shape index (κ1) is 20.6. The van der Waals surface area contributed by atoms with E-state index < -0.39 is 12.1 Å². The smallest absolute Gasteiger partial charge is 0.417 e. The van der Waals surface area contributed by atoms with Crippen molar-refractivity contribution in [1.29, 1.82) is 0 Å². The summed E-state index contributed by atoms with van der Waals surface area (Å²) in [6.45, 7) is 7.54. The number of ether oxygens (including phenoxy) is 1. The van der Waals surface area contributed by atoms with E-state index in [0.29, 0.717) is 36.7 Å². The number of fused-ring (bicyclic) bond motifs is 5. The lowest BCUT2D eigenvalue weighted by Crippen LogP contribution is -2.44. The first-order valence-electron chi connectivity index (χ1n) is 10.6. The van der Waals surface area contributed by atoms with Gasteiger partial charge in [0.1, 0.15) is 0 Å². The Labute approximate surface area is 167 Å². The number of hydrogen-bond acceptors (Lipinski definition) is 4. The Morgan fingerprint density at radius 2 is 2.00 bits per heavy atom. The summed E-state index contributed by atoms with van der Waals surface area (Å²) < 4.78 is 5.23. The van der Waals surface area contributed by atoms with Crippen LogP contribution in [0.4, 0.5) is 9.59 Å². The van der Waals surface area contributed by atoms with Crippen LogP contribution in [-0.4, -0.2) is 36.0 Å². The van der Waals surface area contributed by atoms with Gasteiger partial charge < -0.3 is 10.1 Å². The van der Waals surface area contributed by atoms with Crippen LogP contribution >= 0.6 is 0 Å². The number of allylic oxidation sites excluding steroid dienone is 3. The molecular formula is C22H32N2O4. The maximum atomic E-state index is 12.6. The van der Waals surface area contributed by atoms with E-state index in [0.717, 1.165) is 29.4 Å². The number of Topliss-reactive ketones (excluding diaryl/α,β-unsaturated/α-hetero) is 1. The summed E-state index contributed by atoms with van der Waals surface area (Å²) in [6, 6.07) is -0.394. The molecule has 0 saturated heterocycles. The van der Waals surface area contributed by atoms with E-state index in [-0.39, 0.29) is 18.9 Å². The number of hydrogen-bond donors (Lipinski definition) is 1. The molecule has 0 radical (unpaired) electrons. The van der Waals surface area contributed by atoms with Gasteiger partial charge in [-0.2, -0.15) is 0 Å². The van der Waals surface area contributed by atoms with Crippen molar-refractivity contribution in [3.63, 3.8) is 0 Å². The van der Waals surface area contributed by atoms with Gasteiger partial charge in [-0.3, -0.25) is 4.79 Å². The molecule has 0 aliphatic heterocycles. The highest BCUT2D eigenvalue weighted by Crippen LogP contribution is 2.57. The predicted molar refractivity (Wildman–Crippen MR) is 107 cm³/mol. The van der Waals surface area contributed by atoms with Crippen molar-refractivity contribution in [2.45, 2.75) is 65.2 Å². The summed E-state index contributed by atoms with van der Waals surface area (Å²) in [7, 11) is 0. The lowest BCUT2D eigenvalue weighted by Gasteiger charge is -2.26. The molecule has 6 heteroatoms. The largest absolute Gasteiger partial charge is 0.449 e. The molecule has 2 saturated carbocycles. The highest BCUT2D eigenvalue weighted by atomic mass is 16.6. The molecule has 0 aromatic carbocycles. The van der Waals surface area contributed by atoms with Crippen molar-refractivity contribution < 1.29 is 19.1 Å². The molecule has 0 aromatic heterocycles. The molecule has 154 valence electrons. The second kappa shape index (κ2) is 8.93. The highest BCUT2D eigenvalue weighted by molar-refractivity contribution is 5.94. The van der Waals surface area contributed by atoms with Crippen LogP contribution < -0.4 is 5.32 Å². The molecule has 3 rings (SSSR count). The summed E-state index contributed by atoms with van der Waals surface area (Å²) in [4.78, 5) is 37.5. The van der Waals surface area contributed by atoms with E-state index >= 15 is 0 Å². The average Bonchev–Trinajstić information content (AvgIpc) is 3.34.